The lowest BCUT2D eigenvalue weighted by atomic mass is 10.3. The minimum Gasteiger partial charge on any atom is -0.0575 e. The molecule has 0 aliphatic carbocycles. The van der Waals surface area contributed by atoms with Crippen LogP contribution >= 0.6 is 0 Å². The minimum absolute atomic E-state index is 0.549. The summed E-state index contributed by atoms with van der Waals surface area (Å²) in [6.45, 7) is 4.07. The SMILES string of the molecule is CC(C)C[S+]=O. The van der Waals surface area contributed by atoms with Crippen LogP contribution in [0.15, 0.2) is 0 Å². The monoisotopic (exact) mass is 105 g/mol. The molecule has 0 aromatic heterocycles. The normalized spacial score (nSPS) is 9.17. The van der Waals surface area contributed by atoms with E-state index in [1.165, 1.54) is 0 Å². The Morgan fingerprint density at radius 2 is 2.17 bits per heavy atom. The summed E-state index contributed by atoms with van der Waals surface area (Å²) >= 11 is 0.660. The molecule has 36 valence electrons. The molecule has 0 aromatic carbocycles. The first-order chi connectivity index (χ1) is 2.77. The van der Waals surface area contributed by atoms with E-state index in [4.69, 9.17) is 0 Å². The van der Waals surface area contributed by atoms with Crippen molar-refractivity contribution >= 4 is 11.7 Å². The van der Waals surface area contributed by atoms with Gasteiger partial charge in [-0.2, -0.15) is 0 Å². The fourth-order valence-corrected chi connectivity index (χ4v) is 0.408. The van der Waals surface area contributed by atoms with Gasteiger partial charge in [-0.05, 0) is 0 Å². The molecule has 0 fully saturated rings. The van der Waals surface area contributed by atoms with E-state index in [1.807, 2.05) is 13.8 Å². The summed E-state index contributed by atoms with van der Waals surface area (Å²) in [4.78, 5) is 0. The number of hydrogen-bond donors (Lipinski definition) is 0. The van der Waals surface area contributed by atoms with Crippen molar-refractivity contribution in [3.8, 4) is 0 Å². The minimum atomic E-state index is 0.549. The van der Waals surface area contributed by atoms with Gasteiger partial charge in [0.15, 0.2) is 0 Å². The Kier molecular flexibility index (Phi) is 3.23. The topological polar surface area (TPSA) is 17.1 Å². The van der Waals surface area contributed by atoms with Gasteiger partial charge in [-0.25, -0.2) is 0 Å². The Labute approximate surface area is 42.2 Å². The van der Waals surface area contributed by atoms with Gasteiger partial charge < -0.3 is 0 Å². The summed E-state index contributed by atoms with van der Waals surface area (Å²) < 4.78 is 9.66. The molecule has 0 aromatic rings. The highest BCUT2D eigenvalue weighted by molar-refractivity contribution is 7.65. The summed E-state index contributed by atoms with van der Waals surface area (Å²) in [7, 11) is 0. The molecular weight excluding hydrogens is 96.1 g/mol. The first-order valence-corrected chi connectivity index (χ1v) is 2.93. The van der Waals surface area contributed by atoms with Gasteiger partial charge in [0.2, 0.25) is 5.75 Å². The highest BCUT2D eigenvalue weighted by Gasteiger charge is 2.00. The molecule has 0 heterocycles. The van der Waals surface area contributed by atoms with Gasteiger partial charge in [0.25, 0.3) is 0 Å². The summed E-state index contributed by atoms with van der Waals surface area (Å²) in [6.07, 6.45) is 0. The summed E-state index contributed by atoms with van der Waals surface area (Å²) in [5.41, 5.74) is 0. The van der Waals surface area contributed by atoms with Gasteiger partial charge in [-0.15, -0.1) is 0 Å². The molecule has 0 amide bonds. The Hall–Kier alpha value is 0.0200. The van der Waals surface area contributed by atoms with E-state index in [-0.39, 0.29) is 0 Å². The van der Waals surface area contributed by atoms with E-state index in [0.717, 1.165) is 5.75 Å². The quantitative estimate of drug-likeness (QED) is 0.480. The maximum absolute atomic E-state index is 9.66. The van der Waals surface area contributed by atoms with Gasteiger partial charge in [-0.3, -0.25) is 0 Å². The van der Waals surface area contributed by atoms with E-state index >= 15 is 0 Å². The third kappa shape index (κ3) is 4.02. The van der Waals surface area contributed by atoms with Crippen molar-refractivity contribution in [1.29, 1.82) is 0 Å². The predicted octanol–water partition coefficient (Wildman–Crippen LogP) is 1.07. The highest BCUT2D eigenvalue weighted by Crippen LogP contribution is 1.86. The zero-order chi connectivity index (χ0) is 4.99. The molecule has 6 heavy (non-hydrogen) atoms. The zero-order valence-corrected chi connectivity index (χ0v) is 4.92. The van der Waals surface area contributed by atoms with Crippen molar-refractivity contribution in [2.45, 2.75) is 13.8 Å². The summed E-state index contributed by atoms with van der Waals surface area (Å²) in [5, 5.41) is 0. The average Bonchev–Trinajstić information content (AvgIpc) is 1.35. The Bertz CT molecular complexity index is 42.8. The van der Waals surface area contributed by atoms with E-state index in [1.54, 1.807) is 0 Å². The van der Waals surface area contributed by atoms with Crippen LogP contribution in [0.5, 0.6) is 0 Å². The average molecular weight is 105 g/mol. The van der Waals surface area contributed by atoms with Crippen LogP contribution in [0.25, 0.3) is 0 Å². The highest BCUT2D eigenvalue weighted by atomic mass is 32.1. The van der Waals surface area contributed by atoms with Crippen molar-refractivity contribution in [2.24, 2.45) is 5.92 Å². The third-order valence-electron chi connectivity index (χ3n) is 0.401. The number of hydrogen-bond acceptors (Lipinski definition) is 1. The zero-order valence-electron chi connectivity index (χ0n) is 4.10. The van der Waals surface area contributed by atoms with Crippen LogP contribution < -0.4 is 0 Å². The summed E-state index contributed by atoms with van der Waals surface area (Å²) in [6, 6.07) is 0. The molecule has 0 aliphatic heterocycles. The maximum Gasteiger partial charge on any atom is 0.458 e. The molecule has 0 saturated carbocycles. The Balaban J connectivity index is 2.81. The molecule has 0 unspecified atom stereocenters. The van der Waals surface area contributed by atoms with Crippen molar-refractivity contribution < 1.29 is 4.21 Å². The van der Waals surface area contributed by atoms with Crippen LogP contribution in [0, 0.1) is 5.92 Å². The molecule has 0 spiro atoms. The lowest BCUT2D eigenvalue weighted by molar-refractivity contribution is 0.598. The molecule has 0 bridgehead atoms. The lowest BCUT2D eigenvalue weighted by Gasteiger charge is -1.79. The van der Waals surface area contributed by atoms with Crippen LogP contribution in [0.2, 0.25) is 0 Å². The lowest BCUT2D eigenvalue weighted by Crippen LogP contribution is -1.90. The predicted molar refractivity (Wildman–Crippen MR) is 27.8 cm³/mol. The first-order valence-electron chi connectivity index (χ1n) is 2.02. The second-order valence-corrected chi connectivity index (χ2v) is 2.25. The Morgan fingerprint density at radius 3 is 2.17 bits per heavy atom. The molecule has 0 N–H and O–H groups in total. The van der Waals surface area contributed by atoms with Gasteiger partial charge in [-0.1, -0.05) is 13.8 Å². The van der Waals surface area contributed by atoms with E-state index in [0.29, 0.717) is 17.6 Å². The fraction of sp³-hybridized carbons (Fsp3) is 1.00. The molecule has 0 atom stereocenters. The van der Waals surface area contributed by atoms with Crippen molar-refractivity contribution in [3.05, 3.63) is 0 Å². The number of rotatable bonds is 2. The van der Waals surface area contributed by atoms with Gasteiger partial charge in [0.1, 0.15) is 0 Å². The van der Waals surface area contributed by atoms with Crippen molar-refractivity contribution in [3.63, 3.8) is 0 Å². The molecular formula is C4H9OS+. The van der Waals surface area contributed by atoms with Crippen LogP contribution in [-0.4, -0.2) is 5.75 Å². The summed E-state index contributed by atoms with van der Waals surface area (Å²) in [5.74, 6) is 1.28. The van der Waals surface area contributed by atoms with Crippen LogP contribution in [0.3, 0.4) is 0 Å². The third-order valence-corrected chi connectivity index (χ3v) is 1.20. The smallest absolute Gasteiger partial charge is 0.0575 e. The van der Waals surface area contributed by atoms with Crippen LogP contribution in [0.1, 0.15) is 13.8 Å². The van der Waals surface area contributed by atoms with Crippen LogP contribution in [-0.2, 0) is 15.9 Å². The second kappa shape index (κ2) is 3.22. The van der Waals surface area contributed by atoms with E-state index in [9.17, 15) is 4.21 Å². The van der Waals surface area contributed by atoms with Gasteiger partial charge >= 0.3 is 11.7 Å². The standard InChI is InChI=1S/C4H9OS/c1-4(2)3-6-5/h4H,3H2,1-2H3/q+1. The molecule has 2 heteroatoms. The van der Waals surface area contributed by atoms with E-state index < -0.39 is 0 Å². The molecule has 0 radical (unpaired) electrons. The fourth-order valence-electron chi connectivity index (χ4n) is 0.136. The second-order valence-electron chi connectivity index (χ2n) is 1.68. The van der Waals surface area contributed by atoms with Crippen LogP contribution in [0.4, 0.5) is 0 Å². The maximum atomic E-state index is 9.66. The first kappa shape index (κ1) is 6.02. The molecule has 0 rings (SSSR count). The van der Waals surface area contributed by atoms with Crippen molar-refractivity contribution in [2.75, 3.05) is 5.75 Å². The Morgan fingerprint density at radius 1 is 1.67 bits per heavy atom. The molecule has 0 saturated heterocycles. The van der Waals surface area contributed by atoms with Gasteiger partial charge in [0.05, 0.1) is 0 Å². The van der Waals surface area contributed by atoms with E-state index in [2.05, 4.69) is 0 Å². The van der Waals surface area contributed by atoms with Gasteiger partial charge in [0, 0.05) is 10.1 Å². The van der Waals surface area contributed by atoms with Crippen molar-refractivity contribution in [1.82, 2.24) is 0 Å². The molecule has 1 nitrogen and oxygen atoms in total. The largest absolute Gasteiger partial charge is 0.458 e. The molecule has 0 aliphatic rings.